The van der Waals surface area contributed by atoms with Gasteiger partial charge in [0.05, 0.1) is 23.8 Å². The summed E-state index contributed by atoms with van der Waals surface area (Å²) in [4.78, 5) is 16.9. The molecule has 0 fully saturated rings. The van der Waals surface area contributed by atoms with Crippen LogP contribution in [0.15, 0.2) is 47.5 Å². The Morgan fingerprint density at radius 1 is 1.14 bits per heavy atom. The first-order valence-electron chi connectivity index (χ1n) is 6.13. The van der Waals surface area contributed by atoms with Crippen molar-refractivity contribution in [2.45, 2.75) is 6.54 Å². The fourth-order valence-corrected chi connectivity index (χ4v) is 4.08. The number of benzene rings is 2. The van der Waals surface area contributed by atoms with Gasteiger partial charge in [-0.2, -0.15) is 0 Å². The number of fused-ring (bicyclic) bond motifs is 1. The molecule has 2 aromatic carbocycles. The molecule has 106 valence electrons. The van der Waals surface area contributed by atoms with E-state index in [-0.39, 0.29) is 11.4 Å². The van der Waals surface area contributed by atoms with Crippen LogP contribution in [-0.2, 0) is 6.54 Å². The minimum Gasteiger partial charge on any atom is -0.294 e. The molecular weight excluding hydrogens is 497 g/mol. The highest BCUT2D eigenvalue weighted by Crippen LogP contribution is 2.19. The Bertz CT molecular complexity index is 875. The van der Waals surface area contributed by atoms with E-state index in [1.54, 1.807) is 23.0 Å². The van der Waals surface area contributed by atoms with Gasteiger partial charge in [0.25, 0.3) is 5.56 Å². The van der Waals surface area contributed by atoms with E-state index in [9.17, 15) is 9.18 Å². The average molecular weight is 506 g/mol. The summed E-state index contributed by atoms with van der Waals surface area (Å²) in [5.74, 6) is -0.285. The van der Waals surface area contributed by atoms with Crippen molar-refractivity contribution in [3.05, 3.63) is 71.6 Å². The number of hydrogen-bond donors (Lipinski definition) is 0. The van der Waals surface area contributed by atoms with Gasteiger partial charge >= 0.3 is 0 Å². The van der Waals surface area contributed by atoms with Crippen molar-refractivity contribution >= 4 is 56.1 Å². The molecule has 3 aromatic rings. The number of nitrogens with zero attached hydrogens (tertiary/aromatic N) is 2. The predicted octanol–water partition coefficient (Wildman–Crippen LogP) is 3.79. The molecule has 0 aliphatic rings. The molecule has 1 heterocycles. The molecule has 0 saturated carbocycles. The summed E-state index contributed by atoms with van der Waals surface area (Å²) in [5, 5.41) is 0.607. The molecular formula is C15H9FI2N2O. The lowest BCUT2D eigenvalue weighted by Crippen LogP contribution is -2.21. The van der Waals surface area contributed by atoms with Crippen LogP contribution in [0.1, 0.15) is 5.56 Å². The van der Waals surface area contributed by atoms with Gasteiger partial charge in [-0.3, -0.25) is 9.36 Å². The molecule has 0 N–H and O–H groups in total. The Labute approximate surface area is 147 Å². The van der Waals surface area contributed by atoms with Crippen LogP contribution in [0.5, 0.6) is 0 Å². The van der Waals surface area contributed by atoms with Crippen molar-refractivity contribution in [1.29, 1.82) is 0 Å². The maximum atomic E-state index is 12.9. The molecule has 0 atom stereocenters. The van der Waals surface area contributed by atoms with Crippen molar-refractivity contribution < 1.29 is 4.39 Å². The summed E-state index contributed by atoms with van der Waals surface area (Å²) >= 11 is 4.37. The zero-order valence-electron chi connectivity index (χ0n) is 10.7. The molecule has 6 heteroatoms. The Kier molecular flexibility index (Phi) is 4.25. The van der Waals surface area contributed by atoms with Crippen molar-refractivity contribution in [3.8, 4) is 0 Å². The van der Waals surface area contributed by atoms with Crippen LogP contribution in [0.2, 0.25) is 0 Å². The Morgan fingerprint density at radius 3 is 2.57 bits per heavy atom. The minimum atomic E-state index is -0.285. The first-order chi connectivity index (χ1) is 10.0. The second-order valence-electron chi connectivity index (χ2n) is 4.59. The lowest BCUT2D eigenvalue weighted by molar-refractivity contribution is 0.626. The molecule has 0 spiro atoms. The van der Waals surface area contributed by atoms with E-state index in [0.717, 1.165) is 18.2 Å². The third-order valence-electron chi connectivity index (χ3n) is 3.11. The van der Waals surface area contributed by atoms with Gasteiger partial charge in [0, 0.05) is 7.14 Å². The van der Waals surface area contributed by atoms with Crippen molar-refractivity contribution in [1.82, 2.24) is 9.55 Å². The van der Waals surface area contributed by atoms with Crippen molar-refractivity contribution in [3.63, 3.8) is 0 Å². The number of halogens is 3. The van der Waals surface area contributed by atoms with Gasteiger partial charge in [-0.1, -0.05) is 12.1 Å². The summed E-state index contributed by atoms with van der Waals surface area (Å²) in [6, 6.07) is 9.95. The zero-order chi connectivity index (χ0) is 15.0. The van der Waals surface area contributed by atoms with Crippen molar-refractivity contribution in [2.24, 2.45) is 0 Å². The van der Waals surface area contributed by atoms with Crippen LogP contribution in [0.25, 0.3) is 10.9 Å². The standard InChI is InChI=1S/C15H9FI2N2O/c16-10-3-1-9(2-4-10)7-20-8-19-14-12(15(20)21)5-11(17)6-13(14)18/h1-6,8H,7H2. The van der Waals surface area contributed by atoms with Gasteiger partial charge in [-0.05, 0) is 75.0 Å². The Hall–Kier alpha value is -1.03. The summed E-state index contributed by atoms with van der Waals surface area (Å²) < 4.78 is 16.4. The lowest BCUT2D eigenvalue weighted by Gasteiger charge is -2.08. The number of rotatable bonds is 2. The van der Waals surface area contributed by atoms with E-state index in [1.807, 2.05) is 12.1 Å². The van der Waals surface area contributed by atoms with Gasteiger partial charge < -0.3 is 0 Å². The third-order valence-corrected chi connectivity index (χ3v) is 4.56. The first kappa shape index (κ1) is 14.9. The van der Waals surface area contributed by atoms with Gasteiger partial charge in [0.1, 0.15) is 5.82 Å². The predicted molar refractivity (Wildman–Crippen MR) is 96.9 cm³/mol. The highest BCUT2D eigenvalue weighted by Gasteiger charge is 2.08. The lowest BCUT2D eigenvalue weighted by atomic mass is 10.2. The second-order valence-corrected chi connectivity index (χ2v) is 7.00. The maximum absolute atomic E-state index is 12.9. The second kappa shape index (κ2) is 5.99. The van der Waals surface area contributed by atoms with Crippen LogP contribution in [-0.4, -0.2) is 9.55 Å². The molecule has 0 aliphatic heterocycles. The largest absolute Gasteiger partial charge is 0.294 e. The van der Waals surface area contributed by atoms with Gasteiger partial charge in [0.15, 0.2) is 0 Å². The van der Waals surface area contributed by atoms with E-state index in [4.69, 9.17) is 0 Å². The van der Waals surface area contributed by atoms with E-state index in [2.05, 4.69) is 50.2 Å². The van der Waals surface area contributed by atoms with Crippen LogP contribution in [0, 0.1) is 13.0 Å². The number of hydrogen-bond acceptors (Lipinski definition) is 2. The van der Waals surface area contributed by atoms with Crippen LogP contribution in [0.3, 0.4) is 0 Å². The van der Waals surface area contributed by atoms with Crippen LogP contribution < -0.4 is 5.56 Å². The Morgan fingerprint density at radius 2 is 1.86 bits per heavy atom. The molecule has 0 unspecified atom stereocenters. The molecule has 0 aliphatic carbocycles. The van der Waals surface area contributed by atoms with Gasteiger partial charge in [-0.25, -0.2) is 9.37 Å². The average Bonchev–Trinajstić information content (AvgIpc) is 2.45. The fraction of sp³-hybridized carbons (Fsp3) is 0.0667. The third kappa shape index (κ3) is 3.10. The minimum absolute atomic E-state index is 0.0826. The molecule has 0 radical (unpaired) electrons. The van der Waals surface area contributed by atoms with E-state index >= 15 is 0 Å². The van der Waals surface area contributed by atoms with E-state index < -0.39 is 0 Å². The van der Waals surface area contributed by atoms with E-state index in [0.29, 0.717) is 11.9 Å². The van der Waals surface area contributed by atoms with Crippen LogP contribution >= 0.6 is 45.2 Å². The molecule has 3 rings (SSSR count). The fourth-order valence-electron chi connectivity index (χ4n) is 2.09. The summed E-state index contributed by atoms with van der Waals surface area (Å²) in [6.45, 7) is 0.379. The highest BCUT2D eigenvalue weighted by atomic mass is 127. The Balaban J connectivity index is 2.10. The summed E-state index contributed by atoms with van der Waals surface area (Å²) in [7, 11) is 0. The van der Waals surface area contributed by atoms with Gasteiger partial charge in [0.2, 0.25) is 0 Å². The molecule has 1 aromatic heterocycles. The first-order valence-corrected chi connectivity index (χ1v) is 8.29. The normalized spacial score (nSPS) is 11.0. The molecule has 0 amide bonds. The molecule has 3 nitrogen and oxygen atoms in total. The molecule has 21 heavy (non-hydrogen) atoms. The number of aromatic nitrogens is 2. The van der Waals surface area contributed by atoms with Gasteiger partial charge in [-0.15, -0.1) is 0 Å². The highest BCUT2D eigenvalue weighted by molar-refractivity contribution is 14.1. The van der Waals surface area contributed by atoms with E-state index in [1.165, 1.54) is 12.1 Å². The molecule has 0 saturated heterocycles. The molecule has 0 bridgehead atoms. The van der Waals surface area contributed by atoms with Crippen LogP contribution in [0.4, 0.5) is 4.39 Å². The zero-order valence-corrected chi connectivity index (χ0v) is 15.0. The van der Waals surface area contributed by atoms with Crippen molar-refractivity contribution in [2.75, 3.05) is 0 Å². The monoisotopic (exact) mass is 506 g/mol. The quantitative estimate of drug-likeness (QED) is 0.497. The SMILES string of the molecule is O=c1c2cc(I)cc(I)c2ncn1Cc1ccc(F)cc1. The smallest absolute Gasteiger partial charge is 0.261 e. The topological polar surface area (TPSA) is 34.9 Å². The maximum Gasteiger partial charge on any atom is 0.261 e. The summed E-state index contributed by atoms with van der Waals surface area (Å²) in [6.07, 6.45) is 1.54. The summed E-state index contributed by atoms with van der Waals surface area (Å²) in [5.41, 5.74) is 1.50.